The lowest BCUT2D eigenvalue weighted by Gasteiger charge is -1.99. The van der Waals surface area contributed by atoms with E-state index in [4.69, 9.17) is 16.3 Å². The van der Waals surface area contributed by atoms with Gasteiger partial charge in [-0.25, -0.2) is 9.79 Å². The number of benzene rings is 2. The van der Waals surface area contributed by atoms with Crippen molar-refractivity contribution in [3.05, 3.63) is 70.4 Å². The average Bonchev–Trinajstić information content (AvgIpc) is 2.83. The average molecular weight is 300 g/mol. The number of esters is 1. The number of para-hydroxylation sites is 1. The summed E-state index contributed by atoms with van der Waals surface area (Å²) in [6.45, 7) is 0. The lowest BCUT2D eigenvalue weighted by molar-refractivity contribution is -0.129. The quantitative estimate of drug-likeness (QED) is 0.683. The van der Waals surface area contributed by atoms with E-state index in [2.05, 4.69) is 4.99 Å². The number of hydrogen-bond acceptors (Lipinski definition) is 4. The zero-order chi connectivity index (χ0) is 14.8. The zero-order valence-electron chi connectivity index (χ0n) is 10.8. The molecule has 0 unspecified atom stereocenters. The van der Waals surface area contributed by atoms with E-state index in [1.807, 2.05) is 0 Å². The Kier molecular flexibility index (Phi) is 3.46. The number of phenolic OH excluding ortho intramolecular Hbond substituents is 1. The highest BCUT2D eigenvalue weighted by Crippen LogP contribution is 2.24. The predicted octanol–water partition coefficient (Wildman–Crippen LogP) is 3.39. The molecule has 5 heteroatoms. The Morgan fingerprint density at radius 1 is 1.14 bits per heavy atom. The molecule has 0 amide bonds. The smallest absolute Gasteiger partial charge is 0.363 e. The zero-order valence-corrected chi connectivity index (χ0v) is 11.5. The van der Waals surface area contributed by atoms with Crippen molar-refractivity contribution >= 4 is 29.5 Å². The van der Waals surface area contributed by atoms with Crippen molar-refractivity contribution in [1.82, 2.24) is 0 Å². The number of hydrogen-bond donors (Lipinski definition) is 1. The number of carbonyl (C=O) groups excluding carboxylic acids is 1. The van der Waals surface area contributed by atoms with Crippen LogP contribution in [0.1, 0.15) is 11.1 Å². The summed E-state index contributed by atoms with van der Waals surface area (Å²) < 4.78 is 5.13. The normalized spacial score (nSPS) is 16.0. The molecule has 0 spiro atoms. The molecule has 21 heavy (non-hydrogen) atoms. The number of aliphatic imine (C=N–C) groups is 1. The highest BCUT2D eigenvalue weighted by molar-refractivity contribution is 6.31. The first-order valence-corrected chi connectivity index (χ1v) is 6.58. The van der Waals surface area contributed by atoms with Gasteiger partial charge in [-0.05, 0) is 30.3 Å². The van der Waals surface area contributed by atoms with Gasteiger partial charge in [-0.2, -0.15) is 0 Å². The highest BCUT2D eigenvalue weighted by Gasteiger charge is 2.24. The van der Waals surface area contributed by atoms with Crippen molar-refractivity contribution in [3.63, 3.8) is 0 Å². The summed E-state index contributed by atoms with van der Waals surface area (Å²) in [6.07, 6.45) is 1.48. The third-order valence-electron chi connectivity index (χ3n) is 2.92. The van der Waals surface area contributed by atoms with Gasteiger partial charge < -0.3 is 9.84 Å². The van der Waals surface area contributed by atoms with Crippen molar-refractivity contribution in [2.24, 2.45) is 4.99 Å². The van der Waals surface area contributed by atoms with E-state index in [0.717, 1.165) is 0 Å². The Morgan fingerprint density at radius 2 is 1.95 bits per heavy atom. The highest BCUT2D eigenvalue weighted by atomic mass is 35.5. The molecule has 104 valence electrons. The molecule has 1 heterocycles. The molecule has 0 atom stereocenters. The number of phenols is 1. The van der Waals surface area contributed by atoms with Crippen molar-refractivity contribution in [3.8, 4) is 5.75 Å². The number of aromatic hydroxyl groups is 1. The first-order valence-electron chi connectivity index (χ1n) is 6.20. The molecule has 1 aliphatic heterocycles. The molecule has 1 aliphatic rings. The number of halogens is 1. The molecule has 0 saturated carbocycles. The molecule has 0 fully saturated rings. The number of rotatable bonds is 2. The summed E-state index contributed by atoms with van der Waals surface area (Å²) in [5.41, 5.74) is 1.25. The molecule has 0 aromatic heterocycles. The lowest BCUT2D eigenvalue weighted by atomic mass is 10.1. The van der Waals surface area contributed by atoms with Gasteiger partial charge in [-0.15, -0.1) is 0 Å². The minimum atomic E-state index is -0.562. The van der Waals surface area contributed by atoms with Crippen molar-refractivity contribution in [1.29, 1.82) is 0 Å². The third kappa shape index (κ3) is 2.80. The Bertz CT molecular complexity index is 781. The van der Waals surface area contributed by atoms with E-state index in [0.29, 0.717) is 16.1 Å². The van der Waals surface area contributed by atoms with Crippen molar-refractivity contribution < 1.29 is 14.6 Å². The van der Waals surface area contributed by atoms with E-state index in [9.17, 15) is 9.90 Å². The summed E-state index contributed by atoms with van der Waals surface area (Å²) in [6, 6.07) is 13.6. The molecule has 2 aromatic rings. The van der Waals surface area contributed by atoms with Gasteiger partial charge in [0.2, 0.25) is 5.90 Å². The Balaban J connectivity index is 1.98. The molecule has 3 rings (SSSR count). The van der Waals surface area contributed by atoms with Gasteiger partial charge in [0.25, 0.3) is 0 Å². The van der Waals surface area contributed by atoms with Crippen LogP contribution < -0.4 is 0 Å². The largest absolute Gasteiger partial charge is 0.507 e. The maximum absolute atomic E-state index is 11.8. The summed E-state index contributed by atoms with van der Waals surface area (Å²) in [7, 11) is 0. The van der Waals surface area contributed by atoms with Crippen LogP contribution in [0.3, 0.4) is 0 Å². The van der Waals surface area contributed by atoms with Gasteiger partial charge >= 0.3 is 5.97 Å². The summed E-state index contributed by atoms with van der Waals surface area (Å²) in [4.78, 5) is 16.0. The standard InChI is InChI=1S/C16H10ClNO3/c17-12-6-3-5-11(8-12)15-18-13(16(20)21-15)9-10-4-1-2-7-14(10)19/h1-9,19H/b13-9+. The van der Waals surface area contributed by atoms with Crippen LogP contribution in [-0.4, -0.2) is 17.0 Å². The Labute approximate surface area is 126 Å². The van der Waals surface area contributed by atoms with Crippen molar-refractivity contribution in [2.45, 2.75) is 0 Å². The molecular formula is C16H10ClNO3. The number of cyclic esters (lactones) is 1. The maximum Gasteiger partial charge on any atom is 0.363 e. The van der Waals surface area contributed by atoms with Crippen LogP contribution in [0.15, 0.2) is 59.2 Å². The van der Waals surface area contributed by atoms with Crippen LogP contribution in [0, 0.1) is 0 Å². The fourth-order valence-corrected chi connectivity index (χ4v) is 2.10. The minimum Gasteiger partial charge on any atom is -0.507 e. The number of ether oxygens (including phenoxy) is 1. The van der Waals surface area contributed by atoms with E-state index in [-0.39, 0.29) is 17.3 Å². The van der Waals surface area contributed by atoms with Gasteiger partial charge in [0.1, 0.15) is 5.75 Å². The van der Waals surface area contributed by atoms with E-state index < -0.39 is 5.97 Å². The Hall–Kier alpha value is -2.59. The number of carbonyl (C=O) groups is 1. The minimum absolute atomic E-state index is 0.0733. The van der Waals surface area contributed by atoms with Gasteiger partial charge in [-0.1, -0.05) is 35.9 Å². The third-order valence-corrected chi connectivity index (χ3v) is 3.16. The predicted molar refractivity (Wildman–Crippen MR) is 80.2 cm³/mol. The maximum atomic E-state index is 11.8. The molecule has 0 radical (unpaired) electrons. The second-order valence-electron chi connectivity index (χ2n) is 4.41. The summed E-state index contributed by atoms with van der Waals surface area (Å²) in [5.74, 6) is -0.290. The van der Waals surface area contributed by atoms with E-state index in [1.54, 1.807) is 42.5 Å². The molecule has 4 nitrogen and oxygen atoms in total. The molecule has 0 bridgehead atoms. The first kappa shape index (κ1) is 13.4. The van der Waals surface area contributed by atoms with Gasteiger partial charge in [-0.3, -0.25) is 0 Å². The molecule has 0 aliphatic carbocycles. The van der Waals surface area contributed by atoms with Crippen LogP contribution in [0.5, 0.6) is 5.75 Å². The monoisotopic (exact) mass is 299 g/mol. The second-order valence-corrected chi connectivity index (χ2v) is 4.84. The first-order chi connectivity index (χ1) is 10.1. The summed E-state index contributed by atoms with van der Waals surface area (Å²) >= 11 is 5.90. The van der Waals surface area contributed by atoms with Crippen LogP contribution in [-0.2, 0) is 9.53 Å². The second kappa shape index (κ2) is 5.42. The van der Waals surface area contributed by atoms with Crippen LogP contribution in [0.25, 0.3) is 6.08 Å². The van der Waals surface area contributed by atoms with E-state index in [1.165, 1.54) is 12.1 Å². The van der Waals surface area contributed by atoms with Crippen molar-refractivity contribution in [2.75, 3.05) is 0 Å². The van der Waals surface area contributed by atoms with E-state index >= 15 is 0 Å². The van der Waals surface area contributed by atoms with Crippen LogP contribution in [0.4, 0.5) is 0 Å². The van der Waals surface area contributed by atoms with Gasteiger partial charge in [0.15, 0.2) is 5.70 Å². The lowest BCUT2D eigenvalue weighted by Crippen LogP contribution is -2.05. The molecular weight excluding hydrogens is 290 g/mol. The molecule has 0 saturated heterocycles. The SMILES string of the molecule is O=C1OC(c2cccc(Cl)c2)=N/C1=C/c1ccccc1O. The molecule has 1 N–H and O–H groups in total. The van der Waals surface area contributed by atoms with Gasteiger partial charge in [0.05, 0.1) is 0 Å². The fourth-order valence-electron chi connectivity index (χ4n) is 1.91. The Morgan fingerprint density at radius 3 is 2.71 bits per heavy atom. The summed E-state index contributed by atoms with van der Waals surface area (Å²) in [5, 5.41) is 10.2. The fraction of sp³-hybridized carbons (Fsp3) is 0. The van der Waals surface area contributed by atoms with Gasteiger partial charge in [0, 0.05) is 16.1 Å². The van der Waals surface area contributed by atoms with Crippen LogP contribution >= 0.6 is 11.6 Å². The molecule has 2 aromatic carbocycles. The number of nitrogens with zero attached hydrogens (tertiary/aromatic N) is 1. The topological polar surface area (TPSA) is 58.9 Å². The van der Waals surface area contributed by atoms with Crippen LogP contribution in [0.2, 0.25) is 5.02 Å².